The highest BCUT2D eigenvalue weighted by Crippen LogP contribution is 2.23. The summed E-state index contributed by atoms with van der Waals surface area (Å²) in [5.41, 5.74) is 7.46. The number of aromatic nitrogens is 1. The number of nitrogens with zero attached hydrogens (tertiary/aromatic N) is 1. The number of carbonyl (C=O) groups excluding carboxylic acids is 1. The molecule has 0 saturated carbocycles. The molecule has 5 heteroatoms. The van der Waals surface area contributed by atoms with Crippen LogP contribution in [0.4, 0.5) is 5.69 Å². The number of esters is 1. The number of thioether (sulfide) groups is 1. The molecule has 0 spiro atoms. The van der Waals surface area contributed by atoms with Crippen molar-refractivity contribution in [1.82, 2.24) is 4.98 Å². The largest absolute Gasteiger partial charge is 0.469 e. The summed E-state index contributed by atoms with van der Waals surface area (Å²) in [6.45, 7) is 1.94. The first-order valence-corrected chi connectivity index (χ1v) is 5.53. The third-order valence-corrected chi connectivity index (χ3v) is 2.81. The van der Waals surface area contributed by atoms with Crippen molar-refractivity contribution >= 4 is 23.4 Å². The molecule has 0 radical (unpaired) electrons. The fraction of sp³-hybridized carbons (Fsp3) is 0.400. The molecule has 1 aromatic heterocycles. The summed E-state index contributed by atoms with van der Waals surface area (Å²) in [5.74, 6) is 0.417. The van der Waals surface area contributed by atoms with Crippen molar-refractivity contribution in [3.8, 4) is 0 Å². The molecule has 1 aromatic rings. The van der Waals surface area contributed by atoms with E-state index in [-0.39, 0.29) is 5.97 Å². The maximum Gasteiger partial charge on any atom is 0.306 e. The first-order valence-electron chi connectivity index (χ1n) is 4.55. The van der Waals surface area contributed by atoms with Crippen molar-refractivity contribution in [3.63, 3.8) is 0 Å². The van der Waals surface area contributed by atoms with E-state index >= 15 is 0 Å². The summed E-state index contributed by atoms with van der Waals surface area (Å²) in [6, 6.07) is 1.87. The molecule has 1 rings (SSSR count). The Kier molecular flexibility index (Phi) is 4.42. The minimum Gasteiger partial charge on any atom is -0.469 e. The molecule has 0 unspecified atom stereocenters. The second kappa shape index (κ2) is 5.60. The third kappa shape index (κ3) is 3.79. The smallest absolute Gasteiger partial charge is 0.306 e. The molecule has 15 heavy (non-hydrogen) atoms. The normalized spacial score (nSPS) is 10.0. The van der Waals surface area contributed by atoms with E-state index in [1.807, 2.05) is 13.0 Å². The van der Waals surface area contributed by atoms with Crippen molar-refractivity contribution in [2.24, 2.45) is 0 Å². The summed E-state index contributed by atoms with van der Waals surface area (Å²) in [6.07, 6.45) is 2.13. The second-order valence-corrected chi connectivity index (χ2v) is 4.17. The molecule has 4 nitrogen and oxygen atoms in total. The van der Waals surface area contributed by atoms with Gasteiger partial charge in [0.2, 0.25) is 0 Å². The Morgan fingerprint density at radius 2 is 2.40 bits per heavy atom. The van der Waals surface area contributed by atoms with Gasteiger partial charge in [0, 0.05) is 11.9 Å². The average Bonchev–Trinajstić information content (AvgIpc) is 2.21. The number of nitrogens with two attached hydrogens (primary N) is 1. The zero-order chi connectivity index (χ0) is 11.3. The van der Waals surface area contributed by atoms with Gasteiger partial charge in [-0.2, -0.15) is 0 Å². The van der Waals surface area contributed by atoms with E-state index in [0.717, 1.165) is 10.6 Å². The number of rotatable bonds is 4. The zero-order valence-corrected chi connectivity index (χ0v) is 9.63. The monoisotopic (exact) mass is 226 g/mol. The van der Waals surface area contributed by atoms with E-state index in [1.165, 1.54) is 18.9 Å². The molecule has 0 aliphatic heterocycles. The number of methoxy groups -OCH3 is 1. The molecule has 2 N–H and O–H groups in total. The number of ether oxygens (including phenoxy) is 1. The molecule has 0 bridgehead atoms. The lowest BCUT2D eigenvalue weighted by Gasteiger charge is -2.04. The van der Waals surface area contributed by atoms with Crippen LogP contribution in [0.2, 0.25) is 0 Å². The Morgan fingerprint density at radius 1 is 1.67 bits per heavy atom. The summed E-state index contributed by atoms with van der Waals surface area (Å²) in [5, 5.41) is 0.768. The lowest BCUT2D eigenvalue weighted by molar-refractivity contribution is -0.140. The number of nitrogen functional groups attached to an aromatic ring is 1. The Bertz CT molecular complexity index is 355. The molecule has 82 valence electrons. The van der Waals surface area contributed by atoms with Gasteiger partial charge in [-0.25, -0.2) is 4.98 Å². The number of carbonyl (C=O) groups is 1. The van der Waals surface area contributed by atoms with E-state index in [9.17, 15) is 4.79 Å². The van der Waals surface area contributed by atoms with Crippen LogP contribution in [0.3, 0.4) is 0 Å². The Labute approximate surface area is 93.2 Å². The number of hydrogen-bond donors (Lipinski definition) is 1. The van der Waals surface area contributed by atoms with Crippen LogP contribution in [0, 0.1) is 6.92 Å². The van der Waals surface area contributed by atoms with Gasteiger partial charge < -0.3 is 10.5 Å². The molecule has 0 fully saturated rings. The molecule has 0 saturated heterocycles. The van der Waals surface area contributed by atoms with E-state index in [1.54, 1.807) is 6.20 Å². The number of anilines is 1. The van der Waals surface area contributed by atoms with Crippen LogP contribution < -0.4 is 5.73 Å². The SMILES string of the molecule is COC(=O)CCSc1ncc(C)cc1N. The maximum atomic E-state index is 10.9. The van der Waals surface area contributed by atoms with Gasteiger partial charge >= 0.3 is 5.97 Å². The van der Waals surface area contributed by atoms with Gasteiger partial charge in [-0.05, 0) is 18.6 Å². The molecular weight excluding hydrogens is 212 g/mol. The average molecular weight is 226 g/mol. The fourth-order valence-corrected chi connectivity index (χ4v) is 1.85. The predicted octanol–water partition coefficient (Wildman–Crippen LogP) is 1.63. The van der Waals surface area contributed by atoms with E-state index in [4.69, 9.17) is 5.73 Å². The van der Waals surface area contributed by atoms with Crippen LogP contribution in [0.15, 0.2) is 17.3 Å². The van der Waals surface area contributed by atoms with E-state index in [2.05, 4.69) is 9.72 Å². The van der Waals surface area contributed by atoms with Gasteiger partial charge in [-0.1, -0.05) is 0 Å². The standard InChI is InChI=1S/C10H14N2O2S/c1-7-5-8(11)10(12-6-7)15-4-3-9(13)14-2/h5-6H,3-4,11H2,1-2H3. The van der Waals surface area contributed by atoms with Gasteiger partial charge in [0.1, 0.15) is 5.03 Å². The van der Waals surface area contributed by atoms with Crippen molar-refractivity contribution in [1.29, 1.82) is 0 Å². The van der Waals surface area contributed by atoms with Crippen molar-refractivity contribution in [2.75, 3.05) is 18.6 Å². The Hall–Kier alpha value is -1.23. The molecular formula is C10H14N2O2S. The Balaban J connectivity index is 2.47. The molecule has 1 heterocycles. The highest BCUT2D eigenvalue weighted by molar-refractivity contribution is 7.99. The summed E-state index contributed by atoms with van der Waals surface area (Å²) in [4.78, 5) is 15.0. The highest BCUT2D eigenvalue weighted by Gasteiger charge is 2.04. The van der Waals surface area contributed by atoms with Gasteiger partial charge in [0.05, 0.1) is 19.2 Å². The first-order chi connectivity index (χ1) is 7.13. The van der Waals surface area contributed by atoms with Crippen molar-refractivity contribution in [2.45, 2.75) is 18.4 Å². The number of hydrogen-bond acceptors (Lipinski definition) is 5. The van der Waals surface area contributed by atoms with Gasteiger partial charge in [-0.15, -0.1) is 11.8 Å². The van der Waals surface area contributed by atoms with Crippen LogP contribution in [0.25, 0.3) is 0 Å². The minimum atomic E-state index is -0.215. The van der Waals surface area contributed by atoms with Crippen LogP contribution in [0.5, 0.6) is 0 Å². The Morgan fingerprint density at radius 3 is 3.00 bits per heavy atom. The van der Waals surface area contributed by atoms with Crippen molar-refractivity contribution in [3.05, 3.63) is 17.8 Å². The minimum absolute atomic E-state index is 0.215. The number of aryl methyl sites for hydroxylation is 1. The number of pyridine rings is 1. The summed E-state index contributed by atoms with van der Waals surface area (Å²) < 4.78 is 4.53. The van der Waals surface area contributed by atoms with Crippen LogP contribution in [0.1, 0.15) is 12.0 Å². The van der Waals surface area contributed by atoms with E-state index in [0.29, 0.717) is 17.9 Å². The van der Waals surface area contributed by atoms with E-state index < -0.39 is 0 Å². The van der Waals surface area contributed by atoms with Crippen molar-refractivity contribution < 1.29 is 9.53 Å². The molecule has 0 atom stereocenters. The van der Waals surface area contributed by atoms with Gasteiger partial charge in [0.15, 0.2) is 0 Å². The summed E-state index contributed by atoms with van der Waals surface area (Å²) in [7, 11) is 1.38. The third-order valence-electron chi connectivity index (χ3n) is 1.79. The van der Waals surface area contributed by atoms with Crippen LogP contribution in [-0.4, -0.2) is 23.8 Å². The van der Waals surface area contributed by atoms with Gasteiger partial charge in [-0.3, -0.25) is 4.79 Å². The topological polar surface area (TPSA) is 65.2 Å². The maximum absolute atomic E-state index is 10.9. The second-order valence-electron chi connectivity index (χ2n) is 3.08. The lowest BCUT2D eigenvalue weighted by atomic mass is 10.3. The lowest BCUT2D eigenvalue weighted by Crippen LogP contribution is -2.01. The molecule has 0 amide bonds. The quantitative estimate of drug-likeness (QED) is 0.624. The predicted molar refractivity (Wildman–Crippen MR) is 60.7 cm³/mol. The van der Waals surface area contributed by atoms with Gasteiger partial charge in [0.25, 0.3) is 0 Å². The molecule has 0 aliphatic carbocycles. The highest BCUT2D eigenvalue weighted by atomic mass is 32.2. The first kappa shape index (κ1) is 11.8. The molecule has 0 aromatic carbocycles. The molecule has 0 aliphatic rings. The van der Waals surface area contributed by atoms with Crippen LogP contribution in [-0.2, 0) is 9.53 Å². The zero-order valence-electron chi connectivity index (χ0n) is 8.82. The van der Waals surface area contributed by atoms with Crippen LogP contribution >= 0.6 is 11.8 Å². The summed E-state index contributed by atoms with van der Waals surface area (Å²) >= 11 is 1.46. The fourth-order valence-electron chi connectivity index (χ4n) is 1.03.